The van der Waals surface area contributed by atoms with Gasteiger partial charge in [0.15, 0.2) is 0 Å². The summed E-state index contributed by atoms with van der Waals surface area (Å²) >= 11 is 0. The first-order chi connectivity index (χ1) is 10.7. The molecule has 0 atom stereocenters. The molecule has 0 unspecified atom stereocenters. The number of sulfonamides is 1. The van der Waals surface area contributed by atoms with Crippen molar-refractivity contribution in [3.63, 3.8) is 0 Å². The van der Waals surface area contributed by atoms with Crippen molar-refractivity contribution in [1.29, 1.82) is 0 Å². The van der Waals surface area contributed by atoms with Crippen LogP contribution >= 0.6 is 0 Å². The SMILES string of the molecule is Cc1ccc(C)c(S(=O)(=O)N2CCN(C(=O)CC(C)C)CC2)c1. The van der Waals surface area contributed by atoms with Gasteiger partial charge >= 0.3 is 0 Å². The van der Waals surface area contributed by atoms with Gasteiger partial charge in [-0.2, -0.15) is 4.31 Å². The Balaban J connectivity index is 2.10. The summed E-state index contributed by atoms with van der Waals surface area (Å²) in [5.74, 6) is 0.433. The van der Waals surface area contributed by atoms with Crippen LogP contribution in [-0.4, -0.2) is 49.7 Å². The summed E-state index contributed by atoms with van der Waals surface area (Å²) in [6.45, 7) is 9.39. The predicted molar refractivity (Wildman–Crippen MR) is 90.7 cm³/mol. The highest BCUT2D eigenvalue weighted by Crippen LogP contribution is 2.22. The number of benzene rings is 1. The van der Waals surface area contributed by atoms with Crippen LogP contribution in [0.5, 0.6) is 0 Å². The molecule has 1 fully saturated rings. The van der Waals surface area contributed by atoms with Gasteiger partial charge in [-0.25, -0.2) is 8.42 Å². The molecule has 0 aliphatic carbocycles. The summed E-state index contributed by atoms with van der Waals surface area (Å²) < 4.78 is 27.2. The van der Waals surface area contributed by atoms with Crippen molar-refractivity contribution >= 4 is 15.9 Å². The van der Waals surface area contributed by atoms with E-state index in [1.54, 1.807) is 11.0 Å². The van der Waals surface area contributed by atoms with E-state index < -0.39 is 10.0 Å². The number of hydrogen-bond donors (Lipinski definition) is 0. The first-order valence-corrected chi connectivity index (χ1v) is 9.51. The normalized spacial score (nSPS) is 16.8. The highest BCUT2D eigenvalue weighted by molar-refractivity contribution is 7.89. The van der Waals surface area contributed by atoms with E-state index in [4.69, 9.17) is 0 Å². The van der Waals surface area contributed by atoms with Gasteiger partial charge in [0.2, 0.25) is 15.9 Å². The molecule has 1 saturated heterocycles. The van der Waals surface area contributed by atoms with Gasteiger partial charge in [-0.3, -0.25) is 4.79 Å². The molecule has 1 amide bonds. The first kappa shape index (κ1) is 17.9. The maximum Gasteiger partial charge on any atom is 0.243 e. The number of rotatable bonds is 4. The molecule has 1 aliphatic rings. The van der Waals surface area contributed by atoms with Crippen LogP contribution in [0.25, 0.3) is 0 Å². The molecule has 23 heavy (non-hydrogen) atoms. The molecule has 0 aromatic heterocycles. The summed E-state index contributed by atoms with van der Waals surface area (Å²) in [7, 11) is -3.49. The Morgan fingerprint density at radius 1 is 1.13 bits per heavy atom. The predicted octanol–water partition coefficient (Wildman–Crippen LogP) is 2.18. The van der Waals surface area contributed by atoms with E-state index in [0.29, 0.717) is 43.4 Å². The molecule has 1 aromatic carbocycles. The Morgan fingerprint density at radius 2 is 1.74 bits per heavy atom. The summed E-state index contributed by atoms with van der Waals surface area (Å²) in [4.78, 5) is 14.2. The van der Waals surface area contributed by atoms with E-state index in [-0.39, 0.29) is 5.91 Å². The number of carbonyl (C=O) groups excluding carboxylic acids is 1. The van der Waals surface area contributed by atoms with Crippen molar-refractivity contribution in [2.75, 3.05) is 26.2 Å². The second kappa shape index (κ2) is 7.01. The first-order valence-electron chi connectivity index (χ1n) is 8.07. The summed E-state index contributed by atoms with van der Waals surface area (Å²) in [5, 5.41) is 0. The van der Waals surface area contributed by atoms with E-state index >= 15 is 0 Å². The van der Waals surface area contributed by atoms with Gasteiger partial charge in [0.05, 0.1) is 4.90 Å². The van der Waals surface area contributed by atoms with E-state index in [1.807, 2.05) is 39.8 Å². The molecular weight excluding hydrogens is 312 g/mol. The average Bonchev–Trinajstić information content (AvgIpc) is 2.49. The topological polar surface area (TPSA) is 57.7 Å². The third-order valence-electron chi connectivity index (χ3n) is 4.14. The smallest absolute Gasteiger partial charge is 0.243 e. The number of piperazine rings is 1. The van der Waals surface area contributed by atoms with Crippen LogP contribution in [0, 0.1) is 19.8 Å². The maximum absolute atomic E-state index is 12.8. The summed E-state index contributed by atoms with van der Waals surface area (Å²) in [6, 6.07) is 5.47. The van der Waals surface area contributed by atoms with Crippen molar-refractivity contribution in [2.45, 2.75) is 39.0 Å². The third kappa shape index (κ3) is 4.12. The molecule has 128 valence electrons. The van der Waals surface area contributed by atoms with Gasteiger partial charge in [0.1, 0.15) is 0 Å². The van der Waals surface area contributed by atoms with Crippen LogP contribution in [0.2, 0.25) is 0 Å². The van der Waals surface area contributed by atoms with Gasteiger partial charge in [0.25, 0.3) is 0 Å². The Kier molecular flexibility index (Phi) is 5.47. The molecule has 6 heteroatoms. The lowest BCUT2D eigenvalue weighted by Crippen LogP contribution is -2.50. The number of aryl methyl sites for hydroxylation is 2. The van der Waals surface area contributed by atoms with Crippen molar-refractivity contribution in [2.24, 2.45) is 5.92 Å². The molecule has 0 saturated carbocycles. The van der Waals surface area contributed by atoms with Crippen LogP contribution in [0.4, 0.5) is 0 Å². The van der Waals surface area contributed by atoms with E-state index in [9.17, 15) is 13.2 Å². The highest BCUT2D eigenvalue weighted by atomic mass is 32.2. The quantitative estimate of drug-likeness (QED) is 0.845. The van der Waals surface area contributed by atoms with Crippen molar-refractivity contribution in [3.8, 4) is 0 Å². The number of amides is 1. The zero-order valence-corrected chi connectivity index (χ0v) is 15.2. The lowest BCUT2D eigenvalue weighted by molar-refractivity contribution is -0.133. The average molecular weight is 338 g/mol. The van der Waals surface area contributed by atoms with Crippen LogP contribution in [0.15, 0.2) is 23.1 Å². The Labute approximate surface area is 139 Å². The number of hydrogen-bond acceptors (Lipinski definition) is 3. The summed E-state index contributed by atoms with van der Waals surface area (Å²) in [6.07, 6.45) is 0.518. The molecule has 0 bridgehead atoms. The molecule has 0 radical (unpaired) electrons. The lowest BCUT2D eigenvalue weighted by atomic mass is 10.1. The van der Waals surface area contributed by atoms with E-state index in [2.05, 4.69) is 0 Å². The van der Waals surface area contributed by atoms with Gasteiger partial charge < -0.3 is 4.90 Å². The van der Waals surface area contributed by atoms with E-state index in [1.165, 1.54) is 4.31 Å². The lowest BCUT2D eigenvalue weighted by Gasteiger charge is -2.34. The fraction of sp³-hybridized carbons (Fsp3) is 0.588. The second-order valence-electron chi connectivity index (χ2n) is 6.65. The molecular formula is C17H26N2O3S. The van der Waals surface area contributed by atoms with Gasteiger partial charge in [-0.15, -0.1) is 0 Å². The number of carbonyl (C=O) groups is 1. The van der Waals surface area contributed by atoms with Crippen LogP contribution in [0.3, 0.4) is 0 Å². The van der Waals surface area contributed by atoms with E-state index in [0.717, 1.165) is 11.1 Å². The fourth-order valence-electron chi connectivity index (χ4n) is 2.78. The zero-order chi connectivity index (χ0) is 17.2. The van der Waals surface area contributed by atoms with Crippen molar-refractivity contribution in [1.82, 2.24) is 9.21 Å². The highest BCUT2D eigenvalue weighted by Gasteiger charge is 2.31. The molecule has 2 rings (SSSR count). The maximum atomic E-state index is 12.8. The van der Waals surface area contributed by atoms with Crippen molar-refractivity contribution in [3.05, 3.63) is 29.3 Å². The molecule has 1 aromatic rings. The zero-order valence-electron chi connectivity index (χ0n) is 14.4. The second-order valence-corrected chi connectivity index (χ2v) is 8.56. The molecule has 1 aliphatic heterocycles. The third-order valence-corrected chi connectivity index (χ3v) is 6.18. The Hall–Kier alpha value is -1.40. The summed E-state index contributed by atoms with van der Waals surface area (Å²) in [5.41, 5.74) is 1.69. The Morgan fingerprint density at radius 3 is 2.30 bits per heavy atom. The molecule has 5 nitrogen and oxygen atoms in total. The Bertz CT molecular complexity index is 675. The van der Waals surface area contributed by atoms with Gasteiger partial charge in [-0.05, 0) is 37.0 Å². The van der Waals surface area contributed by atoms with Gasteiger partial charge in [-0.1, -0.05) is 26.0 Å². The fourth-order valence-corrected chi connectivity index (χ4v) is 4.51. The minimum Gasteiger partial charge on any atom is -0.340 e. The minimum atomic E-state index is -3.49. The monoisotopic (exact) mass is 338 g/mol. The molecule has 1 heterocycles. The largest absolute Gasteiger partial charge is 0.340 e. The van der Waals surface area contributed by atoms with Crippen LogP contribution in [-0.2, 0) is 14.8 Å². The number of nitrogens with zero attached hydrogens (tertiary/aromatic N) is 2. The molecule has 0 spiro atoms. The van der Waals surface area contributed by atoms with Crippen molar-refractivity contribution < 1.29 is 13.2 Å². The van der Waals surface area contributed by atoms with Gasteiger partial charge in [0, 0.05) is 32.6 Å². The van der Waals surface area contributed by atoms with Crippen LogP contribution in [0.1, 0.15) is 31.4 Å². The standard InChI is InChI=1S/C17H26N2O3S/c1-13(2)11-17(20)18-7-9-19(10-8-18)23(21,22)16-12-14(3)5-6-15(16)4/h5-6,12-13H,7-11H2,1-4H3. The molecule has 0 N–H and O–H groups in total. The minimum absolute atomic E-state index is 0.115. The van der Waals surface area contributed by atoms with Crippen LogP contribution < -0.4 is 0 Å².